The Morgan fingerprint density at radius 1 is 1.33 bits per heavy atom. The van der Waals surface area contributed by atoms with E-state index in [1.807, 2.05) is 32.0 Å². The van der Waals surface area contributed by atoms with Gasteiger partial charge in [0.15, 0.2) is 5.96 Å². The van der Waals surface area contributed by atoms with Gasteiger partial charge in [0.1, 0.15) is 12.4 Å². The van der Waals surface area contributed by atoms with Crippen LogP contribution in [0.2, 0.25) is 5.02 Å². The molecule has 2 N–H and O–H groups in total. The number of nitrogens with one attached hydrogen (secondary N) is 2. The van der Waals surface area contributed by atoms with E-state index >= 15 is 0 Å². The molecule has 1 aliphatic heterocycles. The van der Waals surface area contributed by atoms with Crippen LogP contribution in [0.5, 0.6) is 5.75 Å². The number of guanidine groups is 1. The van der Waals surface area contributed by atoms with E-state index < -0.39 is 0 Å². The lowest BCUT2D eigenvalue weighted by Gasteiger charge is -2.32. The average Bonchev–Trinajstić information content (AvgIpc) is 2.66. The van der Waals surface area contributed by atoms with E-state index in [1.54, 1.807) is 11.0 Å². The Bertz CT molecular complexity index is 619. The number of aliphatic imine (C=N–C) groups is 1. The van der Waals surface area contributed by atoms with Crippen LogP contribution in [0.25, 0.3) is 0 Å². The number of piperidine rings is 1. The van der Waals surface area contributed by atoms with Gasteiger partial charge in [0, 0.05) is 30.7 Å². The summed E-state index contributed by atoms with van der Waals surface area (Å²) < 4.78 is 10.7. The van der Waals surface area contributed by atoms with E-state index in [2.05, 4.69) is 15.6 Å². The smallest absolute Gasteiger partial charge is 0.409 e. The first-order valence-corrected chi connectivity index (χ1v) is 9.85. The van der Waals surface area contributed by atoms with E-state index in [1.165, 1.54) is 0 Å². The molecule has 7 nitrogen and oxygen atoms in total. The molecular formula is C19H29ClN4O3. The molecule has 0 unspecified atom stereocenters. The molecule has 2 rings (SSSR count). The molecule has 0 radical (unpaired) electrons. The van der Waals surface area contributed by atoms with E-state index in [-0.39, 0.29) is 12.1 Å². The van der Waals surface area contributed by atoms with Crippen LogP contribution in [0.4, 0.5) is 4.79 Å². The molecule has 0 saturated carbocycles. The molecule has 1 heterocycles. The maximum Gasteiger partial charge on any atom is 0.409 e. The zero-order chi connectivity index (χ0) is 19.5. The summed E-state index contributed by atoms with van der Waals surface area (Å²) in [6, 6.07) is 7.60. The van der Waals surface area contributed by atoms with E-state index in [9.17, 15) is 4.79 Å². The van der Waals surface area contributed by atoms with E-state index in [0.717, 1.165) is 31.1 Å². The first-order chi connectivity index (χ1) is 13.1. The van der Waals surface area contributed by atoms with Crippen molar-refractivity contribution in [2.75, 3.05) is 39.4 Å². The van der Waals surface area contributed by atoms with Gasteiger partial charge in [-0.1, -0.05) is 17.7 Å². The highest BCUT2D eigenvalue weighted by Crippen LogP contribution is 2.16. The first kappa shape index (κ1) is 21.2. The number of halogens is 1. The summed E-state index contributed by atoms with van der Waals surface area (Å²) in [4.78, 5) is 18.1. The van der Waals surface area contributed by atoms with Crippen molar-refractivity contribution in [1.29, 1.82) is 0 Å². The molecule has 0 aromatic heterocycles. The second-order valence-electron chi connectivity index (χ2n) is 6.17. The highest BCUT2D eigenvalue weighted by molar-refractivity contribution is 6.30. The number of carbonyl (C=O) groups is 1. The SMILES string of the molecule is CCNC(=NCCOc1cccc(Cl)c1)NC1CCN(C(=O)OCC)CC1. The number of benzene rings is 1. The maximum atomic E-state index is 11.8. The largest absolute Gasteiger partial charge is 0.492 e. The topological polar surface area (TPSA) is 75.2 Å². The highest BCUT2D eigenvalue weighted by Gasteiger charge is 2.23. The fraction of sp³-hybridized carbons (Fsp3) is 0.579. The van der Waals surface area contributed by atoms with Gasteiger partial charge in [-0.3, -0.25) is 0 Å². The minimum Gasteiger partial charge on any atom is -0.492 e. The zero-order valence-corrected chi connectivity index (χ0v) is 16.8. The van der Waals surface area contributed by atoms with Crippen molar-refractivity contribution in [1.82, 2.24) is 15.5 Å². The number of amides is 1. The monoisotopic (exact) mass is 396 g/mol. The summed E-state index contributed by atoms with van der Waals surface area (Å²) >= 11 is 5.95. The minimum absolute atomic E-state index is 0.227. The lowest BCUT2D eigenvalue weighted by Crippen LogP contribution is -2.50. The number of rotatable bonds is 7. The fourth-order valence-electron chi connectivity index (χ4n) is 2.81. The van der Waals surface area contributed by atoms with Crippen LogP contribution >= 0.6 is 11.6 Å². The van der Waals surface area contributed by atoms with Gasteiger partial charge in [-0.2, -0.15) is 0 Å². The summed E-state index contributed by atoms with van der Waals surface area (Å²) in [5.41, 5.74) is 0. The van der Waals surface area contributed by atoms with Crippen LogP contribution in [0.15, 0.2) is 29.3 Å². The number of likely N-dealkylation sites (tertiary alicyclic amines) is 1. The van der Waals surface area contributed by atoms with E-state index in [4.69, 9.17) is 21.1 Å². The molecule has 1 fully saturated rings. The summed E-state index contributed by atoms with van der Waals surface area (Å²) in [6.07, 6.45) is 1.50. The number of hydrogen-bond acceptors (Lipinski definition) is 4. The van der Waals surface area contributed by atoms with Gasteiger partial charge in [-0.15, -0.1) is 0 Å². The molecule has 0 bridgehead atoms. The van der Waals surface area contributed by atoms with Crippen molar-refractivity contribution in [2.24, 2.45) is 4.99 Å². The summed E-state index contributed by atoms with van der Waals surface area (Å²) in [7, 11) is 0. The molecule has 150 valence electrons. The molecule has 8 heteroatoms. The average molecular weight is 397 g/mol. The van der Waals surface area contributed by atoms with Crippen molar-refractivity contribution < 1.29 is 14.3 Å². The van der Waals surface area contributed by atoms with Gasteiger partial charge >= 0.3 is 6.09 Å². The normalized spacial score (nSPS) is 15.4. The third-order valence-electron chi connectivity index (χ3n) is 4.13. The first-order valence-electron chi connectivity index (χ1n) is 9.47. The number of ether oxygens (including phenoxy) is 2. The molecule has 27 heavy (non-hydrogen) atoms. The van der Waals surface area contributed by atoms with Crippen LogP contribution in [0, 0.1) is 0 Å². The van der Waals surface area contributed by atoms with Crippen molar-refractivity contribution in [3.8, 4) is 5.75 Å². The van der Waals surface area contributed by atoms with Crippen molar-refractivity contribution >= 4 is 23.7 Å². The minimum atomic E-state index is -0.227. The van der Waals surface area contributed by atoms with Crippen LogP contribution < -0.4 is 15.4 Å². The zero-order valence-electron chi connectivity index (χ0n) is 16.0. The van der Waals surface area contributed by atoms with E-state index in [0.29, 0.717) is 37.9 Å². The lowest BCUT2D eigenvalue weighted by molar-refractivity contribution is 0.0963. The molecule has 0 aliphatic carbocycles. The molecule has 1 saturated heterocycles. The van der Waals surface area contributed by atoms with Crippen LogP contribution in [0.3, 0.4) is 0 Å². The molecule has 1 aliphatic rings. The Morgan fingerprint density at radius 2 is 2.11 bits per heavy atom. The lowest BCUT2D eigenvalue weighted by atomic mass is 10.1. The predicted octanol–water partition coefficient (Wildman–Crippen LogP) is 2.89. The van der Waals surface area contributed by atoms with Crippen LogP contribution in [-0.4, -0.2) is 62.4 Å². The van der Waals surface area contributed by atoms with Crippen LogP contribution in [0.1, 0.15) is 26.7 Å². The van der Waals surface area contributed by atoms with Crippen LogP contribution in [-0.2, 0) is 4.74 Å². The van der Waals surface area contributed by atoms with Gasteiger partial charge in [0.25, 0.3) is 0 Å². The fourth-order valence-corrected chi connectivity index (χ4v) is 2.99. The Labute approximate surface area is 166 Å². The Morgan fingerprint density at radius 3 is 2.78 bits per heavy atom. The van der Waals surface area contributed by atoms with Gasteiger partial charge in [-0.05, 0) is 44.9 Å². The molecule has 0 spiro atoms. The summed E-state index contributed by atoms with van der Waals surface area (Å²) in [5, 5.41) is 7.34. The van der Waals surface area contributed by atoms with Gasteiger partial charge in [-0.25, -0.2) is 9.79 Å². The third-order valence-corrected chi connectivity index (χ3v) is 4.37. The summed E-state index contributed by atoms with van der Waals surface area (Å²) in [6.45, 7) is 7.42. The van der Waals surface area contributed by atoms with Gasteiger partial charge in [0.2, 0.25) is 0 Å². The maximum absolute atomic E-state index is 11.8. The number of hydrogen-bond donors (Lipinski definition) is 2. The van der Waals surface area contributed by atoms with Gasteiger partial charge < -0.3 is 25.0 Å². The second-order valence-corrected chi connectivity index (χ2v) is 6.61. The third kappa shape index (κ3) is 7.54. The molecular weight excluding hydrogens is 368 g/mol. The summed E-state index contributed by atoms with van der Waals surface area (Å²) in [5.74, 6) is 1.50. The quantitative estimate of drug-likeness (QED) is 0.421. The molecule has 1 aromatic carbocycles. The predicted molar refractivity (Wildman–Crippen MR) is 108 cm³/mol. The van der Waals surface area contributed by atoms with Gasteiger partial charge in [0.05, 0.1) is 13.2 Å². The standard InChI is InChI=1S/C19H29ClN4O3/c1-3-21-18(22-10-13-27-17-7-5-6-15(20)14-17)23-16-8-11-24(12-9-16)19(25)26-4-2/h5-7,14,16H,3-4,8-13H2,1-2H3,(H2,21,22,23). The molecule has 1 aromatic rings. The van der Waals surface area contributed by atoms with Crippen molar-refractivity contribution in [2.45, 2.75) is 32.7 Å². The Balaban J connectivity index is 1.76. The Kier molecular flexibility index (Phi) is 9.04. The number of carbonyl (C=O) groups excluding carboxylic acids is 1. The second kappa shape index (κ2) is 11.5. The van der Waals surface area contributed by atoms with Crippen molar-refractivity contribution in [3.05, 3.63) is 29.3 Å². The number of nitrogens with zero attached hydrogens (tertiary/aromatic N) is 2. The van der Waals surface area contributed by atoms with Crippen molar-refractivity contribution in [3.63, 3.8) is 0 Å². The highest BCUT2D eigenvalue weighted by atomic mass is 35.5. The molecule has 1 amide bonds. The Hall–Kier alpha value is -2.15. The molecule has 0 atom stereocenters.